The molecule has 0 aromatic heterocycles. The van der Waals surface area contributed by atoms with E-state index in [4.69, 9.17) is 0 Å². The van der Waals surface area contributed by atoms with Gasteiger partial charge in [-0.25, -0.2) is 0 Å². The van der Waals surface area contributed by atoms with Crippen molar-refractivity contribution in [3.63, 3.8) is 0 Å². The smallest absolute Gasteiger partial charge is 0 e. The average molecular weight is 345 g/mol. The van der Waals surface area contributed by atoms with Gasteiger partial charge in [0.05, 0.1) is 0 Å². The molecule has 0 aliphatic rings. The quantitative estimate of drug-likeness (QED) is 0.505. The van der Waals surface area contributed by atoms with E-state index in [2.05, 4.69) is 0 Å². The molecule has 0 fully saturated rings. The van der Waals surface area contributed by atoms with Gasteiger partial charge >= 0.3 is 0 Å². The van der Waals surface area contributed by atoms with Crippen LogP contribution in [0, 0.1) is 89.3 Å². The summed E-state index contributed by atoms with van der Waals surface area (Å²) >= 11 is 0. The van der Waals surface area contributed by atoms with Crippen molar-refractivity contribution in [2.75, 3.05) is 0 Å². The standard InChI is InChI=1S/Eu.Gd.2H2O/h;;2*1H2. The largest absolute Gasteiger partial charge is 0.412 e. The minimum atomic E-state index is 0. The first-order valence-electron chi connectivity index (χ1n) is 0. The topological polar surface area (TPSA) is 63.0 Å². The summed E-state index contributed by atoms with van der Waals surface area (Å²) in [6, 6.07) is 0. The Morgan fingerprint density at radius 2 is 0.750 bits per heavy atom. The fraction of sp³-hybridized carbons (Fsp3) is 0. The van der Waals surface area contributed by atoms with Gasteiger partial charge in [-0.1, -0.05) is 0 Å². The molecular formula is H4EuGdO2. The van der Waals surface area contributed by atoms with Crippen LogP contribution in [-0.2, 0) is 0 Å². The van der Waals surface area contributed by atoms with Crippen molar-refractivity contribution in [3.8, 4) is 0 Å². The molecule has 0 spiro atoms. The minimum absolute atomic E-state index is 0. The predicted octanol–water partition coefficient (Wildman–Crippen LogP) is -1.65. The normalized spacial score (nSPS) is 0. The van der Waals surface area contributed by atoms with Crippen LogP contribution in [0.4, 0.5) is 0 Å². The van der Waals surface area contributed by atoms with E-state index >= 15 is 0 Å². The first kappa shape index (κ1) is 29.0. The van der Waals surface area contributed by atoms with Gasteiger partial charge < -0.3 is 11.0 Å². The van der Waals surface area contributed by atoms with Crippen molar-refractivity contribution >= 4 is 0 Å². The third-order valence-electron chi connectivity index (χ3n) is 0. The van der Waals surface area contributed by atoms with E-state index in [1.807, 2.05) is 0 Å². The van der Waals surface area contributed by atoms with Crippen molar-refractivity contribution in [2.45, 2.75) is 0 Å². The van der Waals surface area contributed by atoms with Crippen LogP contribution in [0.1, 0.15) is 0 Å². The van der Waals surface area contributed by atoms with Gasteiger partial charge in [-0.15, -0.1) is 0 Å². The molecule has 0 saturated heterocycles. The molecule has 31 valence electrons. The van der Waals surface area contributed by atoms with Crippen LogP contribution in [0.25, 0.3) is 0 Å². The Morgan fingerprint density at radius 1 is 0.750 bits per heavy atom. The minimum Gasteiger partial charge on any atom is -0.412 e. The molecule has 0 rings (SSSR count). The maximum atomic E-state index is 0. The summed E-state index contributed by atoms with van der Waals surface area (Å²) in [5, 5.41) is 0. The summed E-state index contributed by atoms with van der Waals surface area (Å²) in [5.74, 6) is 0. The molecule has 0 bridgehead atoms. The van der Waals surface area contributed by atoms with Crippen LogP contribution in [0.5, 0.6) is 0 Å². The van der Waals surface area contributed by atoms with Crippen molar-refractivity contribution in [3.05, 3.63) is 0 Å². The Labute approximate surface area is 97.6 Å². The van der Waals surface area contributed by atoms with Crippen LogP contribution in [0.2, 0.25) is 0 Å². The van der Waals surface area contributed by atoms with Crippen molar-refractivity contribution in [1.29, 1.82) is 0 Å². The van der Waals surface area contributed by atoms with Crippen LogP contribution in [0.15, 0.2) is 0 Å². The fourth-order valence-corrected chi connectivity index (χ4v) is 0. The summed E-state index contributed by atoms with van der Waals surface area (Å²) in [6.07, 6.45) is 0. The van der Waals surface area contributed by atoms with Gasteiger partial charge in [-0.05, 0) is 0 Å². The summed E-state index contributed by atoms with van der Waals surface area (Å²) in [7, 11) is 0. The Morgan fingerprint density at radius 3 is 0.750 bits per heavy atom. The molecule has 0 unspecified atom stereocenters. The fourth-order valence-electron chi connectivity index (χ4n) is 0. The summed E-state index contributed by atoms with van der Waals surface area (Å²) in [6.45, 7) is 0. The summed E-state index contributed by atoms with van der Waals surface area (Å²) in [4.78, 5) is 0. The molecule has 4 N–H and O–H groups in total. The second kappa shape index (κ2) is 17.0. The van der Waals surface area contributed by atoms with Crippen molar-refractivity contribution < 1.29 is 100 Å². The van der Waals surface area contributed by atoms with Crippen molar-refractivity contribution in [2.24, 2.45) is 0 Å². The zero-order chi connectivity index (χ0) is 0. The van der Waals surface area contributed by atoms with Crippen LogP contribution >= 0.6 is 0 Å². The number of rotatable bonds is 0. The third kappa shape index (κ3) is 8.85. The molecule has 0 amide bonds. The van der Waals surface area contributed by atoms with E-state index in [0.717, 1.165) is 0 Å². The van der Waals surface area contributed by atoms with E-state index in [1.165, 1.54) is 0 Å². The average Bonchev–Trinajstić information content (AvgIpc) is 0. The molecule has 4 heavy (non-hydrogen) atoms. The first-order chi connectivity index (χ1) is 0. The maximum Gasteiger partial charge on any atom is 0 e. The van der Waals surface area contributed by atoms with Gasteiger partial charge in [0.25, 0.3) is 0 Å². The van der Waals surface area contributed by atoms with Crippen LogP contribution in [0.3, 0.4) is 0 Å². The molecule has 1 radical (unpaired) electrons. The van der Waals surface area contributed by atoms with Gasteiger partial charge in [-0.3, -0.25) is 0 Å². The van der Waals surface area contributed by atoms with Crippen LogP contribution < -0.4 is 0 Å². The zero-order valence-corrected chi connectivity index (χ0v) is 6.43. The Balaban J connectivity index is 0. The second-order valence-electron chi connectivity index (χ2n) is 0. The van der Waals surface area contributed by atoms with Gasteiger partial charge in [0, 0.05) is 89.3 Å². The Hall–Kier alpha value is 2.83. The Bertz CT molecular complexity index is 6.00. The van der Waals surface area contributed by atoms with E-state index in [0.29, 0.717) is 0 Å². The molecule has 2 nitrogen and oxygen atoms in total. The Kier molecular flexibility index (Phi) is 123. The van der Waals surface area contributed by atoms with E-state index < -0.39 is 0 Å². The molecule has 0 aliphatic carbocycles. The molecule has 0 heterocycles. The number of hydrogen-bond donors (Lipinski definition) is 0. The van der Waals surface area contributed by atoms with Crippen LogP contribution in [-0.4, -0.2) is 11.0 Å². The van der Waals surface area contributed by atoms with E-state index in [-0.39, 0.29) is 100 Å². The molecule has 0 atom stereocenters. The van der Waals surface area contributed by atoms with Gasteiger partial charge in [-0.2, -0.15) is 0 Å². The molecular weight excluding hydrogens is 341 g/mol. The maximum absolute atomic E-state index is 0. The first-order valence-corrected chi connectivity index (χ1v) is 0. The second-order valence-corrected chi connectivity index (χ2v) is 0. The third-order valence-corrected chi connectivity index (χ3v) is 0. The zero-order valence-electron chi connectivity index (χ0n) is 1.73. The number of hydrogen-bond acceptors (Lipinski definition) is 0. The molecule has 0 aliphatic heterocycles. The molecule has 0 saturated carbocycles. The predicted molar refractivity (Wildman–Crippen MR) is 7.23 cm³/mol. The van der Waals surface area contributed by atoms with Gasteiger partial charge in [0.15, 0.2) is 0 Å². The van der Waals surface area contributed by atoms with Crippen molar-refractivity contribution in [1.82, 2.24) is 0 Å². The molecule has 0 aromatic carbocycles. The monoisotopic (exact) mass is 347 g/mol. The SMILES string of the molecule is O.O.[Eu].[Gd]. The van der Waals surface area contributed by atoms with E-state index in [9.17, 15) is 0 Å². The summed E-state index contributed by atoms with van der Waals surface area (Å²) < 4.78 is 0. The summed E-state index contributed by atoms with van der Waals surface area (Å²) in [5.41, 5.74) is 0. The van der Waals surface area contributed by atoms with Gasteiger partial charge in [0.2, 0.25) is 0 Å². The van der Waals surface area contributed by atoms with E-state index in [1.54, 1.807) is 0 Å². The van der Waals surface area contributed by atoms with Gasteiger partial charge in [0.1, 0.15) is 0 Å². The molecule has 0 aromatic rings. The molecule has 4 heteroatoms.